The molecule has 3 heterocycles. The van der Waals surface area contributed by atoms with E-state index in [9.17, 15) is 9.90 Å². The van der Waals surface area contributed by atoms with Crippen LogP contribution in [0.5, 0.6) is 5.75 Å². The summed E-state index contributed by atoms with van der Waals surface area (Å²) < 4.78 is 5.39. The van der Waals surface area contributed by atoms with Gasteiger partial charge in [0.2, 0.25) is 5.95 Å². The first-order valence-corrected chi connectivity index (χ1v) is 12.9. The topological polar surface area (TPSA) is 125 Å². The second-order valence-corrected chi connectivity index (χ2v) is 9.49. The largest absolute Gasteiger partial charge is 0.497 e. The van der Waals surface area contributed by atoms with Gasteiger partial charge in [-0.05, 0) is 66.6 Å². The standard InChI is InChI=1S/C30H27N7O3/c1-40-22-7-4-6-19(16-22)24-17-20(29(38)39)11-12-26(24)34-30-33-25-9-3-2-8-23(25)28(35-30)32-21-13-15-37(18-21)27-10-5-14-31-36-27/h2-12,14,16-17,21H,13,15,18H2,1H3,(H,38,39)(H2,32,33,34,35)/t21-/m0/s1. The van der Waals surface area contributed by atoms with E-state index in [4.69, 9.17) is 14.7 Å². The maximum atomic E-state index is 11.8. The SMILES string of the molecule is COc1cccc(-c2cc(C(=O)O)ccc2Nc2nc(N[C@H]3CCN(c4cccnn4)C3)c3ccccc3n2)c1. The van der Waals surface area contributed by atoms with Crippen LogP contribution in [-0.2, 0) is 0 Å². The lowest BCUT2D eigenvalue weighted by Gasteiger charge is -2.19. The second-order valence-electron chi connectivity index (χ2n) is 9.49. The minimum atomic E-state index is -1.00. The van der Waals surface area contributed by atoms with E-state index in [0.717, 1.165) is 47.6 Å². The van der Waals surface area contributed by atoms with Crippen molar-refractivity contribution in [2.75, 3.05) is 35.7 Å². The molecule has 3 aromatic carbocycles. The number of nitrogens with zero attached hydrogens (tertiary/aromatic N) is 5. The van der Waals surface area contributed by atoms with Crippen LogP contribution in [0, 0.1) is 0 Å². The molecule has 0 spiro atoms. The van der Waals surface area contributed by atoms with Gasteiger partial charge in [0, 0.05) is 42.0 Å². The van der Waals surface area contributed by atoms with Crippen molar-refractivity contribution in [1.82, 2.24) is 20.2 Å². The van der Waals surface area contributed by atoms with Gasteiger partial charge in [-0.3, -0.25) is 0 Å². The first-order valence-electron chi connectivity index (χ1n) is 12.9. The van der Waals surface area contributed by atoms with Crippen molar-refractivity contribution in [3.8, 4) is 16.9 Å². The molecule has 1 atom stereocenters. The molecule has 0 saturated carbocycles. The summed E-state index contributed by atoms with van der Waals surface area (Å²) in [5.74, 6) is 1.65. The number of hydrogen-bond donors (Lipinski definition) is 3. The predicted molar refractivity (Wildman–Crippen MR) is 154 cm³/mol. The van der Waals surface area contributed by atoms with Gasteiger partial charge in [-0.25, -0.2) is 9.78 Å². The zero-order valence-electron chi connectivity index (χ0n) is 21.8. The lowest BCUT2D eigenvalue weighted by molar-refractivity contribution is 0.0697. The Balaban J connectivity index is 1.33. The third-order valence-corrected chi connectivity index (χ3v) is 6.91. The Kier molecular flexibility index (Phi) is 6.80. The van der Waals surface area contributed by atoms with Crippen molar-refractivity contribution < 1.29 is 14.6 Å². The van der Waals surface area contributed by atoms with Crippen LogP contribution < -0.4 is 20.3 Å². The number of carbonyl (C=O) groups is 1. The molecule has 1 aliphatic heterocycles. The molecule has 10 nitrogen and oxygen atoms in total. The second kappa shape index (κ2) is 10.9. The maximum Gasteiger partial charge on any atom is 0.335 e. The number of carboxylic acids is 1. The number of aromatic nitrogens is 4. The number of aromatic carboxylic acids is 1. The third kappa shape index (κ3) is 5.19. The monoisotopic (exact) mass is 533 g/mol. The lowest BCUT2D eigenvalue weighted by atomic mass is 10.0. The highest BCUT2D eigenvalue weighted by molar-refractivity contribution is 5.94. The molecule has 0 radical (unpaired) electrons. The molecule has 0 unspecified atom stereocenters. The van der Waals surface area contributed by atoms with Gasteiger partial charge in [0.05, 0.1) is 18.2 Å². The number of anilines is 4. The van der Waals surface area contributed by atoms with Gasteiger partial charge in [0.15, 0.2) is 5.82 Å². The van der Waals surface area contributed by atoms with Crippen LogP contribution in [0.2, 0.25) is 0 Å². The molecule has 2 aromatic heterocycles. The minimum absolute atomic E-state index is 0.162. The predicted octanol–water partition coefficient (Wildman–Crippen LogP) is 5.23. The van der Waals surface area contributed by atoms with Gasteiger partial charge in [-0.2, -0.15) is 10.1 Å². The van der Waals surface area contributed by atoms with Crippen molar-refractivity contribution in [2.45, 2.75) is 12.5 Å². The van der Waals surface area contributed by atoms with Crippen LogP contribution in [0.4, 0.5) is 23.3 Å². The third-order valence-electron chi connectivity index (χ3n) is 6.91. The molecule has 1 aliphatic rings. The van der Waals surface area contributed by atoms with Crippen LogP contribution in [0.15, 0.2) is 85.1 Å². The van der Waals surface area contributed by atoms with Crippen molar-refractivity contribution in [3.05, 3.63) is 90.6 Å². The number of hydrogen-bond acceptors (Lipinski definition) is 9. The van der Waals surface area contributed by atoms with Crippen molar-refractivity contribution in [3.63, 3.8) is 0 Å². The molecule has 200 valence electrons. The Morgan fingerprint density at radius 1 is 1.02 bits per heavy atom. The Hall–Kier alpha value is -5.25. The Bertz CT molecular complexity index is 1680. The molecule has 6 rings (SSSR count). The zero-order valence-corrected chi connectivity index (χ0v) is 21.8. The van der Waals surface area contributed by atoms with Gasteiger partial charge in [0.1, 0.15) is 11.6 Å². The van der Waals surface area contributed by atoms with Crippen molar-refractivity contribution in [1.29, 1.82) is 0 Å². The summed E-state index contributed by atoms with van der Waals surface area (Å²) in [6.45, 7) is 1.64. The molecule has 3 N–H and O–H groups in total. The zero-order chi connectivity index (χ0) is 27.5. The van der Waals surface area contributed by atoms with E-state index in [0.29, 0.717) is 22.9 Å². The summed E-state index contributed by atoms with van der Waals surface area (Å²) >= 11 is 0. The molecule has 1 saturated heterocycles. The summed E-state index contributed by atoms with van der Waals surface area (Å²) in [6.07, 6.45) is 2.60. The van der Waals surface area contributed by atoms with E-state index in [-0.39, 0.29) is 11.6 Å². The number of rotatable bonds is 8. The lowest BCUT2D eigenvalue weighted by Crippen LogP contribution is -2.27. The summed E-state index contributed by atoms with van der Waals surface area (Å²) in [4.78, 5) is 23.6. The van der Waals surface area contributed by atoms with Crippen molar-refractivity contribution >= 4 is 40.1 Å². The fourth-order valence-corrected chi connectivity index (χ4v) is 4.92. The first-order chi connectivity index (χ1) is 19.6. The highest BCUT2D eigenvalue weighted by Crippen LogP contribution is 2.34. The Morgan fingerprint density at radius 3 is 2.75 bits per heavy atom. The van der Waals surface area contributed by atoms with Crippen LogP contribution in [-0.4, -0.2) is 57.5 Å². The average molecular weight is 534 g/mol. The number of para-hydroxylation sites is 1. The molecule has 40 heavy (non-hydrogen) atoms. The number of benzene rings is 3. The van der Waals surface area contributed by atoms with Crippen molar-refractivity contribution in [2.24, 2.45) is 0 Å². The molecule has 0 amide bonds. The van der Waals surface area contributed by atoms with E-state index in [1.807, 2.05) is 60.7 Å². The van der Waals surface area contributed by atoms with E-state index < -0.39 is 5.97 Å². The van der Waals surface area contributed by atoms with E-state index in [2.05, 4.69) is 25.7 Å². The van der Waals surface area contributed by atoms with Crippen LogP contribution in [0.25, 0.3) is 22.0 Å². The Morgan fingerprint density at radius 2 is 1.93 bits per heavy atom. The minimum Gasteiger partial charge on any atom is -0.497 e. The molecule has 10 heteroatoms. The summed E-state index contributed by atoms with van der Waals surface area (Å²) in [6, 6.07) is 24.3. The molecule has 1 fully saturated rings. The number of carboxylic acid groups (broad SMARTS) is 1. The van der Waals surface area contributed by atoms with Gasteiger partial charge < -0.3 is 25.4 Å². The van der Waals surface area contributed by atoms with Crippen LogP contribution in [0.3, 0.4) is 0 Å². The number of nitrogens with one attached hydrogen (secondary N) is 2. The Labute approximate surface area is 230 Å². The maximum absolute atomic E-state index is 11.8. The fraction of sp³-hybridized carbons (Fsp3) is 0.167. The summed E-state index contributed by atoms with van der Waals surface area (Å²) in [5.41, 5.74) is 3.14. The normalized spacial score (nSPS) is 14.7. The van der Waals surface area contributed by atoms with Gasteiger partial charge in [0.25, 0.3) is 0 Å². The van der Waals surface area contributed by atoms with E-state index >= 15 is 0 Å². The first kappa shape index (κ1) is 25.1. The highest BCUT2D eigenvalue weighted by atomic mass is 16.5. The average Bonchev–Trinajstić information content (AvgIpc) is 3.46. The summed E-state index contributed by atoms with van der Waals surface area (Å²) in [7, 11) is 1.60. The fourth-order valence-electron chi connectivity index (χ4n) is 4.92. The molecule has 0 bridgehead atoms. The quantitative estimate of drug-likeness (QED) is 0.244. The molecule has 5 aromatic rings. The number of ether oxygens (including phenoxy) is 1. The summed E-state index contributed by atoms with van der Waals surface area (Å²) in [5, 5.41) is 25.8. The number of methoxy groups -OCH3 is 1. The van der Waals surface area contributed by atoms with Crippen LogP contribution in [0.1, 0.15) is 16.8 Å². The van der Waals surface area contributed by atoms with Gasteiger partial charge in [-0.1, -0.05) is 24.3 Å². The van der Waals surface area contributed by atoms with Gasteiger partial charge in [-0.15, -0.1) is 5.10 Å². The smallest absolute Gasteiger partial charge is 0.335 e. The van der Waals surface area contributed by atoms with Gasteiger partial charge >= 0.3 is 5.97 Å². The molecule has 0 aliphatic carbocycles. The highest BCUT2D eigenvalue weighted by Gasteiger charge is 2.25. The molecular formula is C30H27N7O3. The van der Waals surface area contributed by atoms with E-state index in [1.165, 1.54) is 0 Å². The van der Waals surface area contributed by atoms with E-state index in [1.54, 1.807) is 31.5 Å². The number of fused-ring (bicyclic) bond motifs is 1. The molecular weight excluding hydrogens is 506 g/mol. The van der Waals surface area contributed by atoms with Crippen LogP contribution >= 0.6 is 0 Å².